The summed E-state index contributed by atoms with van der Waals surface area (Å²) in [6.07, 6.45) is 4.78. The molecule has 1 heterocycles. The van der Waals surface area contributed by atoms with E-state index in [4.69, 9.17) is 15.7 Å². The van der Waals surface area contributed by atoms with Crippen molar-refractivity contribution < 1.29 is 15.1 Å². The number of carboxylic acid groups (broad SMARTS) is 1. The second-order valence-electron chi connectivity index (χ2n) is 5.36. The topological polar surface area (TPSA) is 109 Å². The molecule has 0 radical (unpaired) electrons. The molecule has 0 bridgehead atoms. The number of hydrogen-bond donors (Lipinski definition) is 5. The van der Waals surface area contributed by atoms with Crippen LogP contribution in [0.25, 0.3) is 10.9 Å². The number of rotatable bonds is 7. The molecular formula is C16H21N3O3. The van der Waals surface area contributed by atoms with Crippen LogP contribution < -0.4 is 5.48 Å². The zero-order chi connectivity index (χ0) is 16.1. The highest BCUT2D eigenvalue weighted by Gasteiger charge is 2.15. The Balaban J connectivity index is 2.13. The summed E-state index contributed by atoms with van der Waals surface area (Å²) in [7, 11) is 0. The van der Waals surface area contributed by atoms with Crippen LogP contribution >= 0.6 is 0 Å². The van der Waals surface area contributed by atoms with Crippen LogP contribution in [0.2, 0.25) is 0 Å². The Bertz CT molecular complexity index is 678. The third-order valence-electron chi connectivity index (χ3n) is 4.02. The van der Waals surface area contributed by atoms with Crippen molar-refractivity contribution in [3.05, 3.63) is 35.5 Å². The number of aromatic amines is 1. The molecule has 2 aromatic rings. The van der Waals surface area contributed by atoms with E-state index in [-0.39, 0.29) is 11.8 Å². The molecule has 6 heteroatoms. The van der Waals surface area contributed by atoms with Crippen molar-refractivity contribution in [3.8, 4) is 0 Å². The lowest BCUT2D eigenvalue weighted by Crippen LogP contribution is -2.18. The third-order valence-corrected chi connectivity index (χ3v) is 4.02. The zero-order valence-corrected chi connectivity index (χ0v) is 12.5. The van der Waals surface area contributed by atoms with Crippen molar-refractivity contribution in [1.29, 1.82) is 5.41 Å². The van der Waals surface area contributed by atoms with Gasteiger partial charge in [-0.05, 0) is 37.3 Å². The summed E-state index contributed by atoms with van der Waals surface area (Å²) in [6, 6.07) is 5.56. The van der Waals surface area contributed by atoms with Crippen molar-refractivity contribution in [2.45, 2.75) is 32.6 Å². The van der Waals surface area contributed by atoms with Gasteiger partial charge in [0.25, 0.3) is 0 Å². The Morgan fingerprint density at radius 1 is 1.45 bits per heavy atom. The fraction of sp³-hybridized carbons (Fsp3) is 0.375. The lowest BCUT2D eigenvalue weighted by molar-refractivity contribution is -0.142. The Morgan fingerprint density at radius 2 is 2.23 bits per heavy atom. The molecule has 0 aliphatic heterocycles. The molecule has 6 nitrogen and oxygen atoms in total. The van der Waals surface area contributed by atoms with Gasteiger partial charge in [0.2, 0.25) is 0 Å². The normalized spacial score (nSPS) is 12.3. The molecule has 0 fully saturated rings. The molecule has 2 rings (SSSR count). The molecule has 0 saturated heterocycles. The Hall–Kier alpha value is -2.34. The summed E-state index contributed by atoms with van der Waals surface area (Å²) in [5.41, 5.74) is 4.36. The molecular weight excluding hydrogens is 282 g/mol. The van der Waals surface area contributed by atoms with Crippen LogP contribution in [0.5, 0.6) is 0 Å². The number of H-pyrrole nitrogens is 1. The van der Waals surface area contributed by atoms with Crippen molar-refractivity contribution in [3.63, 3.8) is 0 Å². The van der Waals surface area contributed by atoms with Gasteiger partial charge in [-0.3, -0.25) is 20.9 Å². The lowest BCUT2D eigenvalue weighted by atomic mass is 9.97. The van der Waals surface area contributed by atoms with Crippen LogP contribution in [-0.4, -0.2) is 27.1 Å². The van der Waals surface area contributed by atoms with Crippen molar-refractivity contribution >= 4 is 22.7 Å². The Kier molecular flexibility index (Phi) is 5.16. The van der Waals surface area contributed by atoms with Crippen LogP contribution in [-0.2, 0) is 11.2 Å². The predicted octanol–water partition coefficient (Wildman–Crippen LogP) is 2.91. The van der Waals surface area contributed by atoms with Gasteiger partial charge in [-0.25, -0.2) is 0 Å². The van der Waals surface area contributed by atoms with E-state index in [9.17, 15) is 4.79 Å². The standard InChI is InChI=1S/C16H21N3O3/c1-2-10(16(20)21)5-3-6-11-9-18-14-12(11)7-4-8-13(14)15(17)19-22/h4,7-10,18,22H,2-3,5-6H2,1H3,(H2,17,19)(H,20,21). The van der Waals surface area contributed by atoms with Gasteiger partial charge in [0.05, 0.1) is 11.4 Å². The maximum absolute atomic E-state index is 11.0. The summed E-state index contributed by atoms with van der Waals surface area (Å²) in [6.45, 7) is 1.89. The van der Waals surface area contributed by atoms with E-state index in [1.165, 1.54) is 0 Å². The molecule has 0 saturated carbocycles. The minimum atomic E-state index is -0.730. The average Bonchev–Trinajstić information content (AvgIpc) is 2.93. The number of aliphatic carboxylic acids is 1. The fourth-order valence-electron chi connectivity index (χ4n) is 2.73. The molecule has 1 aromatic heterocycles. The number of benzene rings is 1. The summed E-state index contributed by atoms with van der Waals surface area (Å²) in [5.74, 6) is -1.07. The van der Waals surface area contributed by atoms with Gasteiger partial charge in [-0.15, -0.1) is 0 Å². The number of hydrogen-bond acceptors (Lipinski definition) is 3. The number of fused-ring (bicyclic) bond motifs is 1. The van der Waals surface area contributed by atoms with Gasteiger partial charge in [-0.1, -0.05) is 19.1 Å². The molecule has 0 aliphatic rings. The largest absolute Gasteiger partial charge is 0.481 e. The van der Waals surface area contributed by atoms with Gasteiger partial charge >= 0.3 is 5.97 Å². The van der Waals surface area contributed by atoms with E-state index < -0.39 is 5.97 Å². The van der Waals surface area contributed by atoms with E-state index in [2.05, 4.69) is 4.98 Å². The fourth-order valence-corrected chi connectivity index (χ4v) is 2.73. The van der Waals surface area contributed by atoms with Gasteiger partial charge in [0, 0.05) is 17.1 Å². The van der Waals surface area contributed by atoms with E-state index in [1.807, 2.05) is 30.7 Å². The van der Waals surface area contributed by atoms with E-state index >= 15 is 0 Å². The Morgan fingerprint density at radius 3 is 2.86 bits per heavy atom. The first kappa shape index (κ1) is 16.0. The zero-order valence-electron chi connectivity index (χ0n) is 12.5. The molecule has 0 spiro atoms. The molecule has 1 unspecified atom stereocenters. The van der Waals surface area contributed by atoms with E-state index in [0.29, 0.717) is 18.4 Å². The molecule has 1 aromatic carbocycles. The molecule has 1 atom stereocenters. The smallest absolute Gasteiger partial charge is 0.306 e. The van der Waals surface area contributed by atoms with Crippen LogP contribution in [0.4, 0.5) is 0 Å². The average molecular weight is 303 g/mol. The highest BCUT2D eigenvalue weighted by atomic mass is 16.5. The molecule has 5 N–H and O–H groups in total. The number of carboxylic acids is 1. The second-order valence-corrected chi connectivity index (χ2v) is 5.36. The van der Waals surface area contributed by atoms with Gasteiger partial charge in [0.15, 0.2) is 5.84 Å². The first-order valence-electron chi connectivity index (χ1n) is 7.39. The van der Waals surface area contributed by atoms with Crippen LogP contribution in [0.15, 0.2) is 24.4 Å². The number of amidine groups is 1. The summed E-state index contributed by atoms with van der Waals surface area (Å²) in [5, 5.41) is 26.6. The molecule has 0 amide bonds. The Labute approximate surface area is 128 Å². The van der Waals surface area contributed by atoms with E-state index in [0.717, 1.165) is 29.3 Å². The summed E-state index contributed by atoms with van der Waals surface area (Å²) in [4.78, 5) is 14.2. The van der Waals surface area contributed by atoms with E-state index in [1.54, 1.807) is 6.07 Å². The first-order valence-corrected chi connectivity index (χ1v) is 7.39. The molecule has 0 aliphatic carbocycles. The molecule has 22 heavy (non-hydrogen) atoms. The first-order chi connectivity index (χ1) is 10.6. The summed E-state index contributed by atoms with van der Waals surface area (Å²) < 4.78 is 0. The number of carbonyl (C=O) groups is 1. The van der Waals surface area contributed by atoms with Crippen LogP contribution in [0, 0.1) is 11.3 Å². The van der Waals surface area contributed by atoms with Crippen LogP contribution in [0.1, 0.15) is 37.3 Å². The highest BCUT2D eigenvalue weighted by Crippen LogP contribution is 2.24. The van der Waals surface area contributed by atoms with Crippen LogP contribution in [0.3, 0.4) is 0 Å². The number of aryl methyl sites for hydroxylation is 1. The van der Waals surface area contributed by atoms with Crippen molar-refractivity contribution in [2.24, 2.45) is 5.92 Å². The lowest BCUT2D eigenvalue weighted by Gasteiger charge is -2.09. The molecule has 118 valence electrons. The number of aromatic nitrogens is 1. The van der Waals surface area contributed by atoms with Gasteiger partial charge in [0.1, 0.15) is 0 Å². The maximum Gasteiger partial charge on any atom is 0.306 e. The minimum Gasteiger partial charge on any atom is -0.481 e. The SMILES string of the molecule is CCC(CCCc1c[nH]c2c(C(=N)NO)cccc12)C(=O)O. The minimum absolute atomic E-state index is 0.0593. The monoisotopic (exact) mass is 303 g/mol. The van der Waals surface area contributed by atoms with Crippen molar-refractivity contribution in [2.75, 3.05) is 0 Å². The second kappa shape index (κ2) is 7.09. The summed E-state index contributed by atoms with van der Waals surface area (Å²) >= 11 is 0. The highest BCUT2D eigenvalue weighted by molar-refractivity contribution is 6.07. The quantitative estimate of drug-likeness (QED) is 0.308. The van der Waals surface area contributed by atoms with Crippen molar-refractivity contribution in [1.82, 2.24) is 10.5 Å². The number of hydroxylamine groups is 1. The number of nitrogens with one attached hydrogen (secondary N) is 3. The van der Waals surface area contributed by atoms with Gasteiger partial charge in [-0.2, -0.15) is 0 Å². The number of para-hydroxylation sites is 1. The third kappa shape index (κ3) is 3.28. The van der Waals surface area contributed by atoms with Gasteiger partial charge < -0.3 is 10.1 Å². The maximum atomic E-state index is 11.0. The predicted molar refractivity (Wildman–Crippen MR) is 84.4 cm³/mol.